The number of halogens is 1. The Morgan fingerprint density at radius 3 is 2.80 bits per heavy atom. The van der Waals surface area contributed by atoms with Crippen LogP contribution in [0.25, 0.3) is 11.0 Å². The number of pyridine rings is 1. The van der Waals surface area contributed by atoms with Crippen molar-refractivity contribution in [3.63, 3.8) is 0 Å². The van der Waals surface area contributed by atoms with Crippen LogP contribution in [-0.2, 0) is 6.54 Å². The first-order valence-corrected chi connectivity index (χ1v) is 8.55. The Kier molecular flexibility index (Phi) is 3.97. The topological polar surface area (TPSA) is 60.9 Å². The molecule has 0 aliphatic rings. The molecule has 4 aromatic rings. The lowest BCUT2D eigenvalue weighted by atomic mass is 10.1. The fourth-order valence-electron chi connectivity index (χ4n) is 2.76. The van der Waals surface area contributed by atoms with Crippen LogP contribution in [0.5, 0.6) is 0 Å². The van der Waals surface area contributed by atoms with E-state index in [0.29, 0.717) is 23.5 Å². The maximum absolute atomic E-state index is 12.7. The summed E-state index contributed by atoms with van der Waals surface area (Å²) in [6.45, 7) is 2.50. The van der Waals surface area contributed by atoms with Crippen molar-refractivity contribution in [3.05, 3.63) is 82.3 Å². The van der Waals surface area contributed by atoms with Crippen LogP contribution in [0.4, 0.5) is 0 Å². The number of fused-ring (bicyclic) bond motifs is 1. The summed E-state index contributed by atoms with van der Waals surface area (Å²) in [6, 6.07) is 9.04. The number of aryl methyl sites for hydroxylation is 1. The van der Waals surface area contributed by atoms with Gasteiger partial charge in [0.1, 0.15) is 0 Å². The maximum Gasteiger partial charge on any atom is 0.228 e. The second-order valence-electron chi connectivity index (χ2n) is 5.79. The monoisotopic (exact) mass is 395 g/mol. The number of carbonyl (C=O) groups excluding carboxylic acids is 1. The summed E-state index contributed by atoms with van der Waals surface area (Å²) >= 11 is 3.38. The van der Waals surface area contributed by atoms with Gasteiger partial charge in [0.05, 0.1) is 18.6 Å². The summed E-state index contributed by atoms with van der Waals surface area (Å²) in [6.07, 6.45) is 7.19. The molecule has 1 aromatic carbocycles. The van der Waals surface area contributed by atoms with Crippen LogP contribution < -0.4 is 0 Å². The Bertz CT molecular complexity index is 1050. The molecule has 0 saturated heterocycles. The van der Waals surface area contributed by atoms with Gasteiger partial charge in [0.25, 0.3) is 0 Å². The number of furan rings is 1. The number of ketones is 1. The zero-order valence-electron chi connectivity index (χ0n) is 13.4. The standard InChI is InChI=1S/C19H14BrN3O2/c1-12-19-16(14(9-22-12)10-23-7-6-21-11-23)8-17(25-19)18(24)13-2-4-15(20)5-3-13/h2-9,11H,10H2,1H3. The predicted octanol–water partition coefficient (Wildman–Crippen LogP) is 4.37. The number of rotatable bonds is 4. The van der Waals surface area contributed by atoms with Crippen molar-refractivity contribution in [1.29, 1.82) is 0 Å². The Morgan fingerprint density at radius 1 is 1.28 bits per heavy atom. The molecule has 0 bridgehead atoms. The Hall–Kier alpha value is -2.73. The summed E-state index contributed by atoms with van der Waals surface area (Å²) in [4.78, 5) is 21.2. The zero-order valence-corrected chi connectivity index (χ0v) is 15.0. The van der Waals surface area contributed by atoms with Crippen LogP contribution in [0.2, 0.25) is 0 Å². The Balaban J connectivity index is 1.77. The third-order valence-corrected chi connectivity index (χ3v) is 4.59. The van der Waals surface area contributed by atoms with Crippen molar-refractivity contribution in [3.8, 4) is 0 Å². The fraction of sp³-hybridized carbons (Fsp3) is 0.105. The highest BCUT2D eigenvalue weighted by molar-refractivity contribution is 9.10. The fourth-order valence-corrected chi connectivity index (χ4v) is 3.02. The van der Waals surface area contributed by atoms with E-state index in [2.05, 4.69) is 25.9 Å². The summed E-state index contributed by atoms with van der Waals surface area (Å²) < 4.78 is 8.74. The van der Waals surface area contributed by atoms with Crippen molar-refractivity contribution in [2.45, 2.75) is 13.5 Å². The lowest BCUT2D eigenvalue weighted by Crippen LogP contribution is -1.99. The second-order valence-corrected chi connectivity index (χ2v) is 6.71. The second kappa shape index (κ2) is 6.29. The van der Waals surface area contributed by atoms with E-state index in [0.717, 1.165) is 21.1 Å². The molecule has 0 N–H and O–H groups in total. The summed E-state index contributed by atoms with van der Waals surface area (Å²) in [7, 11) is 0. The largest absolute Gasteiger partial charge is 0.451 e. The van der Waals surface area contributed by atoms with Gasteiger partial charge in [-0.3, -0.25) is 9.78 Å². The molecule has 0 fully saturated rings. The van der Waals surface area contributed by atoms with Crippen LogP contribution in [0, 0.1) is 6.92 Å². The number of aromatic nitrogens is 3. The van der Waals surface area contributed by atoms with Gasteiger partial charge in [-0.1, -0.05) is 15.9 Å². The van der Waals surface area contributed by atoms with Crippen LogP contribution in [0.3, 0.4) is 0 Å². The molecule has 0 aliphatic carbocycles. The van der Waals surface area contributed by atoms with Gasteiger partial charge in [-0.2, -0.15) is 0 Å². The average Bonchev–Trinajstić information content (AvgIpc) is 3.27. The van der Waals surface area contributed by atoms with Gasteiger partial charge in [-0.15, -0.1) is 0 Å². The van der Waals surface area contributed by atoms with Gasteiger partial charge in [0, 0.05) is 39.6 Å². The van der Waals surface area contributed by atoms with Crippen molar-refractivity contribution in [1.82, 2.24) is 14.5 Å². The van der Waals surface area contributed by atoms with Gasteiger partial charge in [0.15, 0.2) is 11.3 Å². The summed E-state index contributed by atoms with van der Waals surface area (Å²) in [5.74, 6) is 0.178. The number of hydrogen-bond acceptors (Lipinski definition) is 4. The van der Waals surface area contributed by atoms with E-state index in [-0.39, 0.29) is 5.78 Å². The molecule has 4 rings (SSSR count). The molecule has 3 heterocycles. The lowest BCUT2D eigenvalue weighted by molar-refractivity contribution is 0.101. The van der Waals surface area contributed by atoms with Gasteiger partial charge in [-0.25, -0.2) is 4.98 Å². The Labute approximate surface area is 152 Å². The van der Waals surface area contributed by atoms with Crippen LogP contribution >= 0.6 is 15.9 Å². The van der Waals surface area contributed by atoms with Gasteiger partial charge in [-0.05, 0) is 37.3 Å². The van der Waals surface area contributed by atoms with Gasteiger partial charge in [0.2, 0.25) is 5.78 Å². The van der Waals surface area contributed by atoms with E-state index < -0.39 is 0 Å². The molecule has 25 heavy (non-hydrogen) atoms. The third-order valence-electron chi connectivity index (χ3n) is 4.06. The Morgan fingerprint density at radius 2 is 2.08 bits per heavy atom. The third kappa shape index (κ3) is 3.00. The molecular weight excluding hydrogens is 382 g/mol. The molecule has 0 aliphatic heterocycles. The molecule has 3 aromatic heterocycles. The first kappa shape index (κ1) is 15.8. The van der Waals surface area contributed by atoms with E-state index >= 15 is 0 Å². The quantitative estimate of drug-likeness (QED) is 0.481. The van der Waals surface area contributed by atoms with Crippen molar-refractivity contribution in [2.24, 2.45) is 0 Å². The highest BCUT2D eigenvalue weighted by atomic mass is 79.9. The smallest absolute Gasteiger partial charge is 0.228 e. The van der Waals surface area contributed by atoms with E-state index in [4.69, 9.17) is 4.42 Å². The van der Waals surface area contributed by atoms with Crippen LogP contribution in [-0.4, -0.2) is 20.3 Å². The molecule has 0 radical (unpaired) electrons. The normalized spacial score (nSPS) is 11.1. The number of hydrogen-bond donors (Lipinski definition) is 0. The molecule has 6 heteroatoms. The first-order chi connectivity index (χ1) is 12.1. The number of nitrogens with zero attached hydrogens (tertiary/aromatic N) is 3. The van der Waals surface area contributed by atoms with E-state index in [1.165, 1.54) is 0 Å². The minimum Gasteiger partial charge on any atom is -0.451 e. The average molecular weight is 396 g/mol. The van der Waals surface area contributed by atoms with Crippen molar-refractivity contribution < 1.29 is 9.21 Å². The minimum absolute atomic E-state index is 0.142. The van der Waals surface area contributed by atoms with Gasteiger partial charge >= 0.3 is 0 Å². The van der Waals surface area contributed by atoms with E-state index in [1.807, 2.05) is 36.0 Å². The van der Waals surface area contributed by atoms with Crippen LogP contribution in [0.1, 0.15) is 27.4 Å². The van der Waals surface area contributed by atoms with Crippen LogP contribution in [0.15, 0.2) is 64.1 Å². The maximum atomic E-state index is 12.7. The highest BCUT2D eigenvalue weighted by Gasteiger charge is 2.18. The molecule has 0 spiro atoms. The zero-order chi connectivity index (χ0) is 17.4. The molecule has 0 unspecified atom stereocenters. The van der Waals surface area contributed by atoms with Crippen molar-refractivity contribution in [2.75, 3.05) is 0 Å². The predicted molar refractivity (Wildman–Crippen MR) is 97.6 cm³/mol. The SMILES string of the molecule is Cc1ncc(Cn2ccnc2)c2cc(C(=O)c3ccc(Br)cc3)oc12. The molecule has 124 valence electrons. The molecule has 0 atom stereocenters. The van der Waals surface area contributed by atoms with E-state index in [1.54, 1.807) is 30.7 Å². The molecular formula is C19H14BrN3O2. The lowest BCUT2D eigenvalue weighted by Gasteiger charge is -2.04. The first-order valence-electron chi connectivity index (χ1n) is 7.76. The van der Waals surface area contributed by atoms with Crippen molar-refractivity contribution >= 4 is 32.7 Å². The molecule has 0 amide bonds. The molecule has 0 saturated carbocycles. The number of benzene rings is 1. The van der Waals surface area contributed by atoms with Gasteiger partial charge < -0.3 is 8.98 Å². The number of imidazole rings is 1. The molecule has 5 nitrogen and oxygen atoms in total. The highest BCUT2D eigenvalue weighted by Crippen LogP contribution is 2.27. The summed E-state index contributed by atoms with van der Waals surface area (Å²) in [5.41, 5.74) is 2.98. The summed E-state index contributed by atoms with van der Waals surface area (Å²) in [5, 5.41) is 0.904. The number of carbonyl (C=O) groups is 1. The van der Waals surface area contributed by atoms with E-state index in [9.17, 15) is 4.79 Å². The minimum atomic E-state index is -0.142.